The third-order valence-corrected chi connectivity index (χ3v) is 4.96. The minimum atomic E-state index is 0.633. The third kappa shape index (κ3) is 2.07. The molecule has 2 aliphatic heterocycles. The number of nitrogens with zero attached hydrogens (tertiary/aromatic N) is 2. The zero-order chi connectivity index (χ0) is 14.2. The molecule has 3 heteroatoms. The van der Waals surface area contributed by atoms with Gasteiger partial charge in [0, 0.05) is 35.6 Å². The Kier molecular flexibility index (Phi) is 3.05. The van der Waals surface area contributed by atoms with Crippen LogP contribution >= 0.6 is 0 Å². The Labute approximate surface area is 125 Å². The summed E-state index contributed by atoms with van der Waals surface area (Å²) in [4.78, 5) is 2.50. The van der Waals surface area contributed by atoms with Gasteiger partial charge in [-0.15, -0.1) is 0 Å². The summed E-state index contributed by atoms with van der Waals surface area (Å²) in [6, 6.07) is 15.3. The van der Waals surface area contributed by atoms with Gasteiger partial charge in [0.15, 0.2) is 0 Å². The Morgan fingerprint density at radius 1 is 1.10 bits per heavy atom. The number of hydrogen-bond donors (Lipinski definition) is 1. The number of anilines is 1. The summed E-state index contributed by atoms with van der Waals surface area (Å²) < 4.78 is 0. The molecule has 2 aromatic carbocycles. The molecule has 2 atom stereocenters. The lowest BCUT2D eigenvalue weighted by molar-refractivity contribution is 0.340. The van der Waals surface area contributed by atoms with Gasteiger partial charge in [-0.2, -0.15) is 5.26 Å². The minimum absolute atomic E-state index is 0.633. The fourth-order valence-electron chi connectivity index (χ4n) is 3.90. The van der Waals surface area contributed by atoms with Crippen LogP contribution in [-0.4, -0.2) is 25.7 Å². The van der Waals surface area contributed by atoms with Crippen LogP contribution in [0.2, 0.25) is 0 Å². The van der Waals surface area contributed by atoms with Gasteiger partial charge in [-0.25, -0.2) is 0 Å². The molecule has 21 heavy (non-hydrogen) atoms. The van der Waals surface area contributed by atoms with Crippen molar-refractivity contribution in [3.63, 3.8) is 0 Å². The molecular formula is C18H19N3. The highest BCUT2D eigenvalue weighted by Gasteiger charge is 2.34. The monoisotopic (exact) mass is 277 g/mol. The zero-order valence-corrected chi connectivity index (χ0v) is 12.0. The molecule has 0 aromatic heterocycles. The maximum atomic E-state index is 9.29. The first-order chi connectivity index (χ1) is 10.4. The third-order valence-electron chi connectivity index (χ3n) is 4.96. The van der Waals surface area contributed by atoms with Crippen LogP contribution in [0.3, 0.4) is 0 Å². The van der Waals surface area contributed by atoms with Crippen LogP contribution in [0, 0.1) is 17.2 Å². The summed E-state index contributed by atoms with van der Waals surface area (Å²) >= 11 is 0. The van der Waals surface area contributed by atoms with Crippen molar-refractivity contribution in [3.8, 4) is 6.07 Å². The van der Waals surface area contributed by atoms with Crippen LogP contribution in [-0.2, 0) is 0 Å². The van der Waals surface area contributed by atoms with E-state index in [1.807, 2.05) is 12.1 Å². The smallest absolute Gasteiger partial charge is 0.0998 e. The van der Waals surface area contributed by atoms with Crippen molar-refractivity contribution < 1.29 is 0 Å². The molecule has 1 N–H and O–H groups in total. The van der Waals surface area contributed by atoms with Crippen molar-refractivity contribution in [2.45, 2.75) is 18.9 Å². The van der Waals surface area contributed by atoms with E-state index in [1.165, 1.54) is 23.9 Å². The second-order valence-electron chi connectivity index (χ2n) is 6.16. The maximum absolute atomic E-state index is 9.29. The molecule has 2 aliphatic rings. The molecule has 2 fully saturated rings. The van der Waals surface area contributed by atoms with E-state index in [0.717, 1.165) is 36.5 Å². The van der Waals surface area contributed by atoms with Crippen molar-refractivity contribution in [2.24, 2.45) is 5.92 Å². The average molecular weight is 277 g/mol. The lowest BCUT2D eigenvalue weighted by Gasteiger charge is -2.24. The van der Waals surface area contributed by atoms with E-state index in [4.69, 9.17) is 0 Å². The van der Waals surface area contributed by atoms with E-state index >= 15 is 0 Å². The molecule has 0 aliphatic carbocycles. The van der Waals surface area contributed by atoms with Gasteiger partial charge in [-0.05, 0) is 37.4 Å². The van der Waals surface area contributed by atoms with Crippen LogP contribution in [0.5, 0.6) is 0 Å². The van der Waals surface area contributed by atoms with Crippen molar-refractivity contribution >= 4 is 16.5 Å². The lowest BCUT2D eigenvalue weighted by atomic mass is 9.94. The lowest BCUT2D eigenvalue weighted by Crippen LogP contribution is -2.40. The molecule has 4 rings (SSSR count). The Morgan fingerprint density at radius 3 is 2.76 bits per heavy atom. The number of benzene rings is 2. The first-order valence-electron chi connectivity index (χ1n) is 7.77. The van der Waals surface area contributed by atoms with Gasteiger partial charge in [0.1, 0.15) is 0 Å². The van der Waals surface area contributed by atoms with E-state index in [9.17, 15) is 5.26 Å². The first kappa shape index (κ1) is 12.7. The molecule has 0 amide bonds. The van der Waals surface area contributed by atoms with Crippen LogP contribution in [0.15, 0.2) is 36.4 Å². The Bertz CT molecular complexity index is 702. The second-order valence-corrected chi connectivity index (χ2v) is 6.16. The van der Waals surface area contributed by atoms with Crippen LogP contribution in [0.4, 0.5) is 5.69 Å². The number of rotatable bonds is 1. The van der Waals surface area contributed by atoms with Gasteiger partial charge in [0.25, 0.3) is 0 Å². The second kappa shape index (κ2) is 5.05. The van der Waals surface area contributed by atoms with Crippen molar-refractivity contribution in [3.05, 3.63) is 42.0 Å². The quantitative estimate of drug-likeness (QED) is 0.871. The van der Waals surface area contributed by atoms with Crippen LogP contribution in [0.1, 0.15) is 18.4 Å². The molecule has 2 saturated heterocycles. The van der Waals surface area contributed by atoms with Gasteiger partial charge in [-0.1, -0.05) is 24.3 Å². The number of piperidine rings is 1. The summed E-state index contributed by atoms with van der Waals surface area (Å²) in [7, 11) is 0. The summed E-state index contributed by atoms with van der Waals surface area (Å²) in [5.41, 5.74) is 2.05. The normalized spacial score (nSPS) is 24.8. The SMILES string of the molecule is N#Cc1ccc(N2C[C@@H]3CCCN[C@@H]3C2)c2ccccc12. The molecule has 0 spiro atoms. The largest absolute Gasteiger partial charge is 0.369 e. The summed E-state index contributed by atoms with van der Waals surface area (Å²) in [5.74, 6) is 0.771. The molecular weight excluding hydrogens is 258 g/mol. The fourth-order valence-corrected chi connectivity index (χ4v) is 3.90. The summed E-state index contributed by atoms with van der Waals surface area (Å²) in [6.07, 6.45) is 2.63. The molecule has 0 saturated carbocycles. The van der Waals surface area contributed by atoms with Gasteiger partial charge >= 0.3 is 0 Å². The van der Waals surface area contributed by atoms with Gasteiger partial charge < -0.3 is 10.2 Å². The van der Waals surface area contributed by atoms with Crippen LogP contribution < -0.4 is 10.2 Å². The van der Waals surface area contributed by atoms with E-state index in [2.05, 4.69) is 40.6 Å². The molecule has 106 valence electrons. The maximum Gasteiger partial charge on any atom is 0.0998 e. The van der Waals surface area contributed by atoms with Crippen molar-refractivity contribution in [2.75, 3.05) is 24.5 Å². The Balaban J connectivity index is 1.76. The number of fused-ring (bicyclic) bond motifs is 2. The van der Waals surface area contributed by atoms with E-state index < -0.39 is 0 Å². The zero-order valence-electron chi connectivity index (χ0n) is 12.0. The fraction of sp³-hybridized carbons (Fsp3) is 0.389. The van der Waals surface area contributed by atoms with Gasteiger partial charge in [-0.3, -0.25) is 0 Å². The van der Waals surface area contributed by atoms with E-state index in [-0.39, 0.29) is 0 Å². The molecule has 0 bridgehead atoms. The number of nitrogens with one attached hydrogen (secondary N) is 1. The van der Waals surface area contributed by atoms with Gasteiger partial charge in [0.2, 0.25) is 0 Å². The standard InChI is InChI=1S/C18H19N3/c19-10-13-7-8-18(16-6-2-1-5-15(13)16)21-11-14-4-3-9-20-17(14)12-21/h1-2,5-8,14,17,20H,3-4,9,11-12H2/t14-,17+/m0/s1. The summed E-state index contributed by atoms with van der Waals surface area (Å²) in [6.45, 7) is 3.37. The highest BCUT2D eigenvalue weighted by Crippen LogP contribution is 2.34. The molecule has 3 nitrogen and oxygen atoms in total. The molecule has 0 radical (unpaired) electrons. The topological polar surface area (TPSA) is 39.1 Å². The summed E-state index contributed by atoms with van der Waals surface area (Å²) in [5, 5.41) is 15.2. The van der Waals surface area contributed by atoms with Crippen LogP contribution in [0.25, 0.3) is 10.8 Å². The predicted octanol–water partition coefficient (Wildman–Crippen LogP) is 2.90. The predicted molar refractivity (Wildman–Crippen MR) is 85.4 cm³/mol. The highest BCUT2D eigenvalue weighted by molar-refractivity contribution is 5.98. The Morgan fingerprint density at radius 2 is 1.95 bits per heavy atom. The van der Waals surface area contributed by atoms with Gasteiger partial charge in [0.05, 0.1) is 11.6 Å². The minimum Gasteiger partial charge on any atom is -0.369 e. The number of hydrogen-bond acceptors (Lipinski definition) is 3. The first-order valence-corrected chi connectivity index (χ1v) is 7.77. The highest BCUT2D eigenvalue weighted by atomic mass is 15.2. The van der Waals surface area contributed by atoms with E-state index in [1.54, 1.807) is 0 Å². The Hall–Kier alpha value is -2.05. The van der Waals surface area contributed by atoms with Crippen molar-refractivity contribution in [1.29, 1.82) is 5.26 Å². The van der Waals surface area contributed by atoms with Crippen molar-refractivity contribution in [1.82, 2.24) is 5.32 Å². The molecule has 2 aromatic rings. The number of nitriles is 1. The molecule has 0 unspecified atom stereocenters. The molecule has 2 heterocycles. The van der Waals surface area contributed by atoms with E-state index in [0.29, 0.717) is 6.04 Å². The average Bonchev–Trinajstić information content (AvgIpc) is 2.97.